The van der Waals surface area contributed by atoms with Gasteiger partial charge in [-0.3, -0.25) is 9.48 Å². The monoisotopic (exact) mass is 349 g/mol. The van der Waals surface area contributed by atoms with Crippen LogP contribution in [0.4, 0.5) is 0 Å². The summed E-state index contributed by atoms with van der Waals surface area (Å²) in [6.07, 6.45) is 3.66. The molecular formula is C21H23N3O2. The third-order valence-corrected chi connectivity index (χ3v) is 4.90. The number of nitrogens with zero attached hydrogens (tertiary/aromatic N) is 3. The molecule has 5 nitrogen and oxygen atoms in total. The lowest BCUT2D eigenvalue weighted by Gasteiger charge is -2.21. The van der Waals surface area contributed by atoms with Gasteiger partial charge in [0.15, 0.2) is 6.10 Å². The van der Waals surface area contributed by atoms with Gasteiger partial charge in [-0.2, -0.15) is 5.10 Å². The van der Waals surface area contributed by atoms with Gasteiger partial charge in [-0.05, 0) is 54.8 Å². The number of carbonyl (C=O) groups is 1. The first-order chi connectivity index (χ1) is 12.6. The van der Waals surface area contributed by atoms with Crippen molar-refractivity contribution in [3.05, 3.63) is 48.7 Å². The van der Waals surface area contributed by atoms with Crippen molar-refractivity contribution < 1.29 is 9.53 Å². The number of hydrogen-bond acceptors (Lipinski definition) is 3. The van der Waals surface area contributed by atoms with Crippen molar-refractivity contribution in [2.24, 2.45) is 7.05 Å². The molecule has 0 N–H and O–H groups in total. The zero-order valence-electron chi connectivity index (χ0n) is 15.2. The van der Waals surface area contributed by atoms with E-state index in [9.17, 15) is 4.79 Å². The van der Waals surface area contributed by atoms with Gasteiger partial charge in [0.2, 0.25) is 0 Å². The summed E-state index contributed by atoms with van der Waals surface area (Å²) in [5.41, 5.74) is 2.05. The first-order valence-corrected chi connectivity index (χ1v) is 9.09. The SMILES string of the molecule is CC(Oc1ccc2cc(-c3ccn(C)n3)ccc2c1)C(=O)N1CCCC1. The van der Waals surface area contributed by atoms with Crippen LogP contribution in [-0.2, 0) is 11.8 Å². The van der Waals surface area contributed by atoms with Crippen LogP contribution in [0.5, 0.6) is 5.75 Å². The molecule has 1 atom stereocenters. The van der Waals surface area contributed by atoms with Crippen molar-refractivity contribution in [2.45, 2.75) is 25.9 Å². The molecule has 2 heterocycles. The van der Waals surface area contributed by atoms with E-state index in [2.05, 4.69) is 23.3 Å². The van der Waals surface area contributed by atoms with E-state index in [0.717, 1.165) is 53.7 Å². The van der Waals surface area contributed by atoms with Gasteiger partial charge in [0.1, 0.15) is 5.75 Å². The number of likely N-dealkylation sites (tertiary alicyclic amines) is 1. The molecule has 1 aliphatic rings. The first-order valence-electron chi connectivity index (χ1n) is 9.09. The fraction of sp³-hybridized carbons (Fsp3) is 0.333. The second-order valence-electron chi connectivity index (χ2n) is 6.89. The molecule has 3 aromatic rings. The number of aryl methyl sites for hydroxylation is 1. The lowest BCUT2D eigenvalue weighted by Crippen LogP contribution is -2.38. The fourth-order valence-electron chi connectivity index (χ4n) is 3.47. The van der Waals surface area contributed by atoms with E-state index < -0.39 is 6.10 Å². The van der Waals surface area contributed by atoms with Crippen molar-refractivity contribution in [3.8, 4) is 17.0 Å². The molecule has 1 unspecified atom stereocenters. The highest BCUT2D eigenvalue weighted by molar-refractivity contribution is 5.88. The Hall–Kier alpha value is -2.82. The Morgan fingerprint density at radius 1 is 1.08 bits per heavy atom. The van der Waals surface area contributed by atoms with Crippen LogP contribution in [0.2, 0.25) is 0 Å². The minimum atomic E-state index is -0.460. The molecule has 26 heavy (non-hydrogen) atoms. The van der Waals surface area contributed by atoms with Crippen molar-refractivity contribution in [1.29, 1.82) is 0 Å². The number of aromatic nitrogens is 2. The Bertz CT molecular complexity index is 941. The number of rotatable bonds is 4. The topological polar surface area (TPSA) is 47.4 Å². The second kappa shape index (κ2) is 6.83. The Kier molecular flexibility index (Phi) is 4.37. The van der Waals surface area contributed by atoms with Gasteiger partial charge in [0.25, 0.3) is 5.91 Å². The molecule has 1 amide bonds. The summed E-state index contributed by atoms with van der Waals surface area (Å²) >= 11 is 0. The maximum Gasteiger partial charge on any atom is 0.263 e. The summed E-state index contributed by atoms with van der Waals surface area (Å²) in [7, 11) is 1.92. The quantitative estimate of drug-likeness (QED) is 0.723. The van der Waals surface area contributed by atoms with Crippen LogP contribution >= 0.6 is 0 Å². The summed E-state index contributed by atoms with van der Waals surface area (Å²) in [5.74, 6) is 0.802. The fourth-order valence-corrected chi connectivity index (χ4v) is 3.47. The molecule has 4 rings (SSSR count). The molecule has 0 saturated carbocycles. The number of fused-ring (bicyclic) bond motifs is 1. The van der Waals surface area contributed by atoms with Crippen molar-refractivity contribution in [1.82, 2.24) is 14.7 Å². The number of ether oxygens (including phenoxy) is 1. The minimum absolute atomic E-state index is 0.0769. The number of amides is 1. The molecule has 0 aliphatic carbocycles. The highest BCUT2D eigenvalue weighted by atomic mass is 16.5. The molecule has 0 bridgehead atoms. The van der Waals surface area contributed by atoms with E-state index in [0.29, 0.717) is 0 Å². The molecule has 1 aromatic heterocycles. The van der Waals surface area contributed by atoms with Gasteiger partial charge in [-0.25, -0.2) is 0 Å². The van der Waals surface area contributed by atoms with Gasteiger partial charge < -0.3 is 9.64 Å². The lowest BCUT2D eigenvalue weighted by atomic mass is 10.0. The summed E-state index contributed by atoms with van der Waals surface area (Å²) in [6.45, 7) is 3.52. The molecule has 1 fully saturated rings. The first kappa shape index (κ1) is 16.6. The van der Waals surface area contributed by atoms with E-state index in [1.54, 1.807) is 4.68 Å². The van der Waals surface area contributed by atoms with Crippen LogP contribution in [0.25, 0.3) is 22.0 Å². The third-order valence-electron chi connectivity index (χ3n) is 4.90. The smallest absolute Gasteiger partial charge is 0.263 e. The number of benzene rings is 2. The Balaban J connectivity index is 1.53. The third kappa shape index (κ3) is 3.29. The molecule has 1 saturated heterocycles. The average Bonchev–Trinajstić information content (AvgIpc) is 3.32. The summed E-state index contributed by atoms with van der Waals surface area (Å²) < 4.78 is 7.71. The predicted octanol–water partition coefficient (Wildman–Crippen LogP) is 3.63. The normalized spacial score (nSPS) is 15.4. The van der Waals surface area contributed by atoms with Gasteiger partial charge in [0, 0.05) is 31.9 Å². The minimum Gasteiger partial charge on any atom is -0.481 e. The van der Waals surface area contributed by atoms with E-state index in [1.807, 2.05) is 49.3 Å². The Labute approximate surface area is 153 Å². The van der Waals surface area contributed by atoms with Crippen molar-refractivity contribution >= 4 is 16.7 Å². The largest absolute Gasteiger partial charge is 0.481 e. The van der Waals surface area contributed by atoms with Crippen LogP contribution < -0.4 is 4.74 Å². The van der Waals surface area contributed by atoms with E-state index in [-0.39, 0.29) is 5.91 Å². The molecule has 2 aromatic carbocycles. The summed E-state index contributed by atoms with van der Waals surface area (Å²) in [4.78, 5) is 14.3. The molecule has 0 radical (unpaired) electrons. The summed E-state index contributed by atoms with van der Waals surface area (Å²) in [5, 5.41) is 6.66. The van der Waals surface area contributed by atoms with Crippen LogP contribution in [0.15, 0.2) is 48.7 Å². The van der Waals surface area contributed by atoms with E-state index >= 15 is 0 Å². The Morgan fingerprint density at radius 2 is 1.81 bits per heavy atom. The summed E-state index contributed by atoms with van der Waals surface area (Å²) in [6, 6.07) is 14.2. The van der Waals surface area contributed by atoms with Gasteiger partial charge in [-0.1, -0.05) is 18.2 Å². The molecule has 134 valence electrons. The van der Waals surface area contributed by atoms with Gasteiger partial charge in [0.05, 0.1) is 5.69 Å². The van der Waals surface area contributed by atoms with Crippen molar-refractivity contribution in [3.63, 3.8) is 0 Å². The zero-order valence-corrected chi connectivity index (χ0v) is 15.2. The van der Waals surface area contributed by atoms with E-state index in [4.69, 9.17) is 4.74 Å². The maximum atomic E-state index is 12.4. The number of carbonyl (C=O) groups excluding carboxylic acids is 1. The van der Waals surface area contributed by atoms with Gasteiger partial charge >= 0.3 is 0 Å². The van der Waals surface area contributed by atoms with E-state index in [1.165, 1.54) is 0 Å². The number of hydrogen-bond donors (Lipinski definition) is 0. The van der Waals surface area contributed by atoms with Crippen molar-refractivity contribution in [2.75, 3.05) is 13.1 Å². The molecule has 1 aliphatic heterocycles. The van der Waals surface area contributed by atoms with Crippen LogP contribution in [0, 0.1) is 0 Å². The maximum absolute atomic E-state index is 12.4. The molecule has 0 spiro atoms. The standard InChI is InChI=1S/C21H23N3O2/c1-15(21(25)24-10-3-4-11-24)26-19-8-7-16-13-18(6-5-17(16)14-19)20-9-12-23(2)22-20/h5-9,12-15H,3-4,10-11H2,1-2H3. The van der Waals surface area contributed by atoms with Gasteiger partial charge in [-0.15, -0.1) is 0 Å². The highest BCUT2D eigenvalue weighted by Crippen LogP contribution is 2.27. The van der Waals surface area contributed by atoms with Crippen LogP contribution in [-0.4, -0.2) is 39.8 Å². The lowest BCUT2D eigenvalue weighted by molar-refractivity contribution is -0.136. The highest BCUT2D eigenvalue weighted by Gasteiger charge is 2.24. The second-order valence-corrected chi connectivity index (χ2v) is 6.89. The zero-order chi connectivity index (χ0) is 18.1. The molecular weight excluding hydrogens is 326 g/mol. The molecule has 5 heteroatoms. The van der Waals surface area contributed by atoms with Crippen LogP contribution in [0.1, 0.15) is 19.8 Å². The van der Waals surface area contributed by atoms with Crippen LogP contribution in [0.3, 0.4) is 0 Å². The predicted molar refractivity (Wildman–Crippen MR) is 102 cm³/mol. The average molecular weight is 349 g/mol. The Morgan fingerprint density at radius 3 is 2.54 bits per heavy atom.